The zero-order valence-corrected chi connectivity index (χ0v) is 22.1. The van der Waals surface area contributed by atoms with Gasteiger partial charge < -0.3 is 14.9 Å². The van der Waals surface area contributed by atoms with Gasteiger partial charge in [-0.25, -0.2) is 17.5 Å². The number of pyridine rings is 1. The van der Waals surface area contributed by atoms with Crippen LogP contribution in [0, 0.1) is 5.82 Å². The third-order valence-electron chi connectivity index (χ3n) is 6.35. The predicted octanol–water partition coefficient (Wildman–Crippen LogP) is 3.41. The highest BCUT2D eigenvalue weighted by Crippen LogP contribution is 2.26. The molecular weight excluding hydrogens is 511 g/mol. The van der Waals surface area contributed by atoms with Gasteiger partial charge in [-0.1, -0.05) is 6.07 Å². The largest absolute Gasteiger partial charge is 0.506 e. The Kier molecular flexibility index (Phi) is 7.41. The highest BCUT2D eigenvalue weighted by Gasteiger charge is 2.31. The summed E-state index contributed by atoms with van der Waals surface area (Å²) in [7, 11) is -3.82. The molecule has 2 heterocycles. The summed E-state index contributed by atoms with van der Waals surface area (Å²) in [4.78, 5) is 33.0. The van der Waals surface area contributed by atoms with Crippen molar-refractivity contribution in [2.75, 3.05) is 31.1 Å². The number of hydrogen-bond acceptors (Lipinski definition) is 7. The van der Waals surface area contributed by atoms with Crippen LogP contribution in [0.4, 0.5) is 10.1 Å². The minimum absolute atomic E-state index is 0.0775. The molecule has 200 valence electrons. The number of aromatic hydroxyl groups is 1. The summed E-state index contributed by atoms with van der Waals surface area (Å²) in [6, 6.07) is 12.2. The van der Waals surface area contributed by atoms with Crippen LogP contribution in [0.1, 0.15) is 41.5 Å². The number of carbonyl (C=O) groups excluding carboxylic acids is 2. The Morgan fingerprint density at radius 3 is 2.16 bits per heavy atom. The summed E-state index contributed by atoms with van der Waals surface area (Å²) in [6.07, 6.45) is 2.69. The molecular formula is C27H29FN4O5S. The average Bonchev–Trinajstić information content (AvgIpc) is 2.87. The Morgan fingerprint density at radius 2 is 1.58 bits per heavy atom. The number of benzene rings is 2. The molecule has 0 radical (unpaired) electrons. The number of aromatic nitrogens is 1. The summed E-state index contributed by atoms with van der Waals surface area (Å²) in [5, 5.41) is 9.60. The van der Waals surface area contributed by atoms with Crippen LogP contribution in [0.15, 0.2) is 60.9 Å². The van der Waals surface area contributed by atoms with Crippen LogP contribution in [-0.4, -0.2) is 66.1 Å². The second kappa shape index (κ2) is 10.4. The zero-order chi connectivity index (χ0) is 27.7. The van der Waals surface area contributed by atoms with Crippen LogP contribution >= 0.6 is 0 Å². The quantitative estimate of drug-likeness (QED) is 0.509. The molecule has 3 aromatic rings. The number of nitrogens with zero attached hydrogens (tertiary/aromatic N) is 3. The number of rotatable bonds is 5. The molecule has 38 heavy (non-hydrogen) atoms. The van der Waals surface area contributed by atoms with Gasteiger partial charge in [0.2, 0.25) is 10.0 Å². The van der Waals surface area contributed by atoms with Gasteiger partial charge in [0.25, 0.3) is 11.8 Å². The molecule has 0 atom stereocenters. The fourth-order valence-electron chi connectivity index (χ4n) is 3.97. The van der Waals surface area contributed by atoms with Crippen molar-refractivity contribution >= 4 is 27.5 Å². The van der Waals surface area contributed by atoms with E-state index in [-0.39, 0.29) is 28.3 Å². The molecule has 0 bridgehead atoms. The summed E-state index contributed by atoms with van der Waals surface area (Å²) in [5.74, 6) is -1.63. The predicted molar refractivity (Wildman–Crippen MR) is 142 cm³/mol. The first-order valence-corrected chi connectivity index (χ1v) is 13.5. The maximum Gasteiger partial charge on any atom is 0.264 e. The second-order valence-electron chi connectivity index (χ2n) is 10.00. The summed E-state index contributed by atoms with van der Waals surface area (Å²) >= 11 is 0. The van der Waals surface area contributed by atoms with Crippen LogP contribution in [0.25, 0.3) is 11.1 Å². The lowest BCUT2D eigenvalue weighted by atomic mass is 10.0. The van der Waals surface area contributed by atoms with Crippen molar-refractivity contribution in [3.05, 3.63) is 77.9 Å². The third-order valence-corrected chi connectivity index (χ3v) is 8.41. The van der Waals surface area contributed by atoms with E-state index in [2.05, 4.69) is 14.6 Å². The van der Waals surface area contributed by atoms with Crippen LogP contribution in [0.3, 0.4) is 0 Å². The van der Waals surface area contributed by atoms with Gasteiger partial charge in [0.15, 0.2) is 0 Å². The third kappa shape index (κ3) is 5.77. The van der Waals surface area contributed by atoms with Gasteiger partial charge in [-0.3, -0.25) is 14.6 Å². The number of carbonyl (C=O) groups is 2. The standard InChI is InChI=1S/C27H29FN4O5S/c1-27(2,3)38(36,37)30-25(34)18-4-7-21(8-5-18)31-10-12-32(13-11-31)26(35)19-6-9-23(24(28)15-19)20-14-22(33)17-29-16-20/h4-9,14-17,33H,10-13H2,1-3H3,(H,30,34). The van der Waals surface area contributed by atoms with E-state index in [4.69, 9.17) is 0 Å². The number of halogens is 1. The Labute approximate surface area is 221 Å². The SMILES string of the molecule is CC(C)(C)S(=O)(=O)NC(=O)c1ccc(N2CCN(C(=O)c3ccc(-c4cncc(O)c4)c(F)c3)CC2)cc1. The molecule has 4 rings (SSSR count). The zero-order valence-electron chi connectivity index (χ0n) is 21.3. The van der Waals surface area contributed by atoms with E-state index in [1.165, 1.54) is 51.4 Å². The highest BCUT2D eigenvalue weighted by molar-refractivity contribution is 7.91. The first-order chi connectivity index (χ1) is 17.9. The number of piperazine rings is 1. The first kappa shape index (κ1) is 27.1. The van der Waals surface area contributed by atoms with Crippen LogP contribution in [-0.2, 0) is 10.0 Å². The first-order valence-electron chi connectivity index (χ1n) is 12.0. The van der Waals surface area contributed by atoms with E-state index in [1.54, 1.807) is 35.2 Å². The summed E-state index contributed by atoms with van der Waals surface area (Å²) in [5.41, 5.74) is 1.94. The van der Waals surface area contributed by atoms with Crippen molar-refractivity contribution in [3.8, 4) is 16.9 Å². The topological polar surface area (TPSA) is 120 Å². The van der Waals surface area contributed by atoms with Gasteiger partial charge in [-0.2, -0.15) is 0 Å². The highest BCUT2D eigenvalue weighted by atomic mass is 32.2. The van der Waals surface area contributed by atoms with E-state index in [0.717, 1.165) is 5.69 Å². The van der Waals surface area contributed by atoms with Gasteiger partial charge in [0.05, 0.1) is 10.9 Å². The maximum absolute atomic E-state index is 14.8. The normalized spacial score (nSPS) is 14.3. The van der Waals surface area contributed by atoms with Gasteiger partial charge in [0.1, 0.15) is 11.6 Å². The van der Waals surface area contributed by atoms with Crippen LogP contribution in [0.2, 0.25) is 0 Å². The fourth-order valence-corrected chi connectivity index (χ4v) is 4.63. The molecule has 0 unspecified atom stereocenters. The van der Waals surface area contributed by atoms with E-state index >= 15 is 0 Å². The average molecular weight is 541 g/mol. The molecule has 0 spiro atoms. The van der Waals surface area contributed by atoms with Crippen molar-refractivity contribution in [3.63, 3.8) is 0 Å². The summed E-state index contributed by atoms with van der Waals surface area (Å²) in [6.45, 7) is 6.44. The number of sulfonamides is 1. The molecule has 1 aliphatic heterocycles. The molecule has 2 N–H and O–H groups in total. The lowest BCUT2D eigenvalue weighted by Crippen LogP contribution is -2.48. The Hall–Kier alpha value is -3.99. The van der Waals surface area contributed by atoms with Gasteiger partial charge in [-0.15, -0.1) is 0 Å². The lowest BCUT2D eigenvalue weighted by molar-refractivity contribution is 0.0746. The number of nitrogens with one attached hydrogen (secondary N) is 1. The number of amides is 2. The molecule has 1 aromatic heterocycles. The van der Waals surface area contributed by atoms with E-state index in [1.807, 2.05) is 0 Å². The van der Waals surface area contributed by atoms with Crippen LogP contribution in [0.5, 0.6) is 5.75 Å². The maximum atomic E-state index is 14.8. The molecule has 1 aliphatic rings. The molecule has 2 amide bonds. The smallest absolute Gasteiger partial charge is 0.264 e. The van der Waals surface area contributed by atoms with E-state index in [9.17, 15) is 27.5 Å². The molecule has 0 saturated carbocycles. The Morgan fingerprint density at radius 1 is 0.947 bits per heavy atom. The van der Waals surface area contributed by atoms with Crippen molar-refractivity contribution in [1.29, 1.82) is 0 Å². The fraction of sp³-hybridized carbons (Fsp3) is 0.296. The molecule has 2 aromatic carbocycles. The molecule has 9 nitrogen and oxygen atoms in total. The Bertz CT molecular complexity index is 1460. The van der Waals surface area contributed by atoms with Crippen molar-refractivity contribution in [2.45, 2.75) is 25.5 Å². The van der Waals surface area contributed by atoms with Gasteiger partial charge >= 0.3 is 0 Å². The summed E-state index contributed by atoms with van der Waals surface area (Å²) < 4.78 is 40.2. The Balaban J connectivity index is 1.37. The van der Waals surface area contributed by atoms with E-state index < -0.39 is 26.5 Å². The molecule has 1 fully saturated rings. The van der Waals surface area contributed by atoms with E-state index in [0.29, 0.717) is 31.7 Å². The molecule has 0 aliphatic carbocycles. The minimum Gasteiger partial charge on any atom is -0.506 e. The van der Waals surface area contributed by atoms with Gasteiger partial charge in [-0.05, 0) is 63.2 Å². The number of anilines is 1. The molecule has 11 heteroatoms. The lowest BCUT2D eigenvalue weighted by Gasteiger charge is -2.36. The van der Waals surface area contributed by atoms with Crippen molar-refractivity contribution in [1.82, 2.24) is 14.6 Å². The van der Waals surface area contributed by atoms with Crippen molar-refractivity contribution < 1.29 is 27.5 Å². The van der Waals surface area contributed by atoms with Crippen molar-refractivity contribution in [2.24, 2.45) is 0 Å². The minimum atomic E-state index is -3.82. The second-order valence-corrected chi connectivity index (χ2v) is 12.4. The molecule has 1 saturated heterocycles. The number of hydrogen-bond donors (Lipinski definition) is 2. The van der Waals surface area contributed by atoms with Crippen LogP contribution < -0.4 is 9.62 Å². The van der Waals surface area contributed by atoms with Gasteiger partial charge in [0, 0.05) is 60.3 Å². The monoisotopic (exact) mass is 540 g/mol.